The molecule has 10 heteroatoms. The van der Waals surface area contributed by atoms with E-state index in [-0.39, 0.29) is 11.7 Å². The Labute approximate surface area is 182 Å². The number of carbonyl (C=O) groups excluding carboxylic acids is 1. The van der Waals surface area contributed by atoms with Crippen LogP contribution in [0.4, 0.5) is 14.5 Å². The predicted molar refractivity (Wildman–Crippen MR) is 116 cm³/mol. The summed E-state index contributed by atoms with van der Waals surface area (Å²) in [6.45, 7) is 2.74. The van der Waals surface area contributed by atoms with Gasteiger partial charge in [-0.2, -0.15) is 19.0 Å². The van der Waals surface area contributed by atoms with Crippen molar-refractivity contribution in [3.8, 4) is 17.0 Å². The third-order valence-electron chi connectivity index (χ3n) is 5.32. The average Bonchev–Trinajstić information content (AvgIpc) is 3.16. The van der Waals surface area contributed by atoms with Gasteiger partial charge >= 0.3 is 6.61 Å². The van der Waals surface area contributed by atoms with Crippen molar-refractivity contribution >= 4 is 22.6 Å². The molecule has 0 aliphatic heterocycles. The number of anilines is 1. The van der Waals surface area contributed by atoms with E-state index < -0.39 is 6.61 Å². The molecule has 0 unspecified atom stereocenters. The first-order chi connectivity index (χ1) is 15.2. The fourth-order valence-corrected chi connectivity index (χ4v) is 3.81. The minimum absolute atomic E-state index is 0.0113. The minimum atomic E-state index is -2.91. The molecule has 0 spiro atoms. The van der Waals surface area contributed by atoms with Crippen molar-refractivity contribution in [3.63, 3.8) is 0 Å². The van der Waals surface area contributed by atoms with E-state index in [0.717, 1.165) is 17.0 Å². The van der Waals surface area contributed by atoms with Crippen molar-refractivity contribution in [2.45, 2.75) is 27.4 Å². The van der Waals surface area contributed by atoms with Crippen molar-refractivity contribution in [3.05, 3.63) is 53.0 Å². The molecule has 0 saturated heterocycles. The molecule has 0 radical (unpaired) electrons. The number of benzene rings is 1. The number of amides is 1. The van der Waals surface area contributed by atoms with Gasteiger partial charge in [0.15, 0.2) is 5.65 Å². The zero-order valence-electron chi connectivity index (χ0n) is 18.3. The van der Waals surface area contributed by atoms with Crippen LogP contribution in [-0.2, 0) is 14.1 Å². The topological polar surface area (TPSA) is 86.9 Å². The highest BCUT2D eigenvalue weighted by Crippen LogP contribution is 2.31. The summed E-state index contributed by atoms with van der Waals surface area (Å²) in [5, 5.41) is 12.3. The van der Waals surface area contributed by atoms with Gasteiger partial charge in [-0.25, -0.2) is 4.98 Å². The van der Waals surface area contributed by atoms with Crippen LogP contribution >= 0.6 is 0 Å². The largest absolute Gasteiger partial charge is 0.435 e. The quantitative estimate of drug-likeness (QED) is 0.504. The van der Waals surface area contributed by atoms with Gasteiger partial charge in [0.2, 0.25) is 0 Å². The summed E-state index contributed by atoms with van der Waals surface area (Å²) in [4.78, 5) is 18.0. The third-order valence-corrected chi connectivity index (χ3v) is 5.32. The molecular weight excluding hydrogens is 418 g/mol. The highest BCUT2D eigenvalue weighted by atomic mass is 19.3. The first-order valence-electron chi connectivity index (χ1n) is 9.87. The lowest BCUT2D eigenvalue weighted by Gasteiger charge is -2.10. The van der Waals surface area contributed by atoms with E-state index in [1.54, 1.807) is 22.5 Å². The number of pyridine rings is 1. The number of hydrogen-bond donors (Lipinski definition) is 1. The third kappa shape index (κ3) is 3.79. The smallest absolute Gasteiger partial charge is 0.387 e. The van der Waals surface area contributed by atoms with Gasteiger partial charge < -0.3 is 10.1 Å². The van der Waals surface area contributed by atoms with Gasteiger partial charge in [0, 0.05) is 31.0 Å². The Morgan fingerprint density at radius 2 is 1.69 bits per heavy atom. The Bertz CT molecular complexity index is 1320. The number of rotatable bonds is 5. The Hall–Kier alpha value is -3.82. The molecule has 4 rings (SSSR count). The first kappa shape index (κ1) is 21.4. The van der Waals surface area contributed by atoms with Crippen LogP contribution in [0.5, 0.6) is 5.75 Å². The van der Waals surface area contributed by atoms with E-state index in [0.29, 0.717) is 33.7 Å². The number of nitrogens with zero attached hydrogens (tertiary/aromatic N) is 5. The molecule has 1 amide bonds. The van der Waals surface area contributed by atoms with E-state index in [1.807, 2.05) is 27.8 Å². The lowest BCUT2D eigenvalue weighted by Crippen LogP contribution is -2.13. The Kier molecular flexibility index (Phi) is 5.37. The van der Waals surface area contributed by atoms with E-state index in [9.17, 15) is 13.6 Å². The number of nitrogens with one attached hydrogen (secondary N) is 1. The maximum Gasteiger partial charge on any atom is 0.387 e. The van der Waals surface area contributed by atoms with Gasteiger partial charge in [-0.3, -0.25) is 14.2 Å². The summed E-state index contributed by atoms with van der Waals surface area (Å²) >= 11 is 0. The number of aromatic nitrogens is 5. The van der Waals surface area contributed by atoms with Crippen LogP contribution in [0.1, 0.15) is 27.4 Å². The standard InChI is InChI=1S/C22H22F2N6O2/c1-11-18(13(3)29(4)27-11)17-10-16(19-12(2)28-30(5)20(19)26-17)21(31)25-14-6-8-15(9-7-14)32-22(23)24/h6-10,22H,1-5H3,(H,25,31). The Morgan fingerprint density at radius 1 is 1.03 bits per heavy atom. The molecule has 4 aromatic rings. The number of ether oxygens (including phenoxy) is 1. The second kappa shape index (κ2) is 8.03. The molecule has 166 valence electrons. The normalized spacial score (nSPS) is 11.4. The summed E-state index contributed by atoms with van der Waals surface area (Å²) < 4.78 is 32.5. The molecule has 0 bridgehead atoms. The highest BCUT2D eigenvalue weighted by Gasteiger charge is 2.22. The van der Waals surface area contributed by atoms with Crippen molar-refractivity contribution in [1.29, 1.82) is 0 Å². The number of fused-ring (bicyclic) bond motifs is 1. The van der Waals surface area contributed by atoms with Gasteiger partial charge in [0.1, 0.15) is 5.75 Å². The fourth-order valence-electron chi connectivity index (χ4n) is 3.81. The first-order valence-corrected chi connectivity index (χ1v) is 9.87. The molecule has 1 N–H and O–H groups in total. The van der Waals surface area contributed by atoms with Gasteiger partial charge in [0.05, 0.1) is 28.0 Å². The number of aryl methyl sites for hydroxylation is 4. The van der Waals surface area contributed by atoms with Crippen molar-refractivity contribution in [1.82, 2.24) is 24.5 Å². The lowest BCUT2D eigenvalue weighted by atomic mass is 10.0. The molecule has 0 atom stereocenters. The van der Waals surface area contributed by atoms with Gasteiger partial charge in [-0.15, -0.1) is 0 Å². The summed E-state index contributed by atoms with van der Waals surface area (Å²) in [7, 11) is 3.63. The SMILES string of the molecule is Cc1nn(C)c(C)c1-c1cc(C(=O)Nc2ccc(OC(F)F)cc2)c2c(C)nn(C)c2n1. The number of hydrogen-bond acceptors (Lipinski definition) is 5. The Morgan fingerprint density at radius 3 is 2.28 bits per heavy atom. The van der Waals surface area contributed by atoms with Gasteiger partial charge in [-0.05, 0) is 51.1 Å². The summed E-state index contributed by atoms with van der Waals surface area (Å²) in [5.41, 5.74) is 5.31. The lowest BCUT2D eigenvalue weighted by molar-refractivity contribution is -0.0498. The van der Waals surface area contributed by atoms with E-state index in [1.165, 1.54) is 24.3 Å². The van der Waals surface area contributed by atoms with Crippen molar-refractivity contribution < 1.29 is 18.3 Å². The number of carbonyl (C=O) groups is 1. The van der Waals surface area contributed by atoms with Crippen LogP contribution in [0, 0.1) is 20.8 Å². The summed E-state index contributed by atoms with van der Waals surface area (Å²) in [6.07, 6.45) is 0. The molecule has 1 aromatic carbocycles. The second-order valence-electron chi connectivity index (χ2n) is 7.49. The zero-order valence-corrected chi connectivity index (χ0v) is 18.3. The molecule has 0 fully saturated rings. The molecule has 3 heterocycles. The van der Waals surface area contributed by atoms with Crippen LogP contribution in [0.25, 0.3) is 22.3 Å². The maximum absolute atomic E-state index is 13.3. The maximum atomic E-state index is 13.3. The highest BCUT2D eigenvalue weighted by molar-refractivity contribution is 6.13. The van der Waals surface area contributed by atoms with Crippen LogP contribution in [0.2, 0.25) is 0 Å². The van der Waals surface area contributed by atoms with Crippen LogP contribution < -0.4 is 10.1 Å². The Balaban J connectivity index is 1.78. The predicted octanol–water partition coefficient (Wildman–Crippen LogP) is 4.15. The fraction of sp³-hybridized carbons (Fsp3) is 0.273. The summed E-state index contributed by atoms with van der Waals surface area (Å²) in [6, 6.07) is 7.47. The summed E-state index contributed by atoms with van der Waals surface area (Å²) in [5.74, 6) is -0.353. The van der Waals surface area contributed by atoms with E-state index in [4.69, 9.17) is 4.98 Å². The molecular formula is C22H22F2N6O2. The van der Waals surface area contributed by atoms with Crippen molar-refractivity contribution in [2.75, 3.05) is 5.32 Å². The molecule has 8 nitrogen and oxygen atoms in total. The van der Waals surface area contributed by atoms with E-state index in [2.05, 4.69) is 20.3 Å². The molecule has 0 aliphatic rings. The second-order valence-corrected chi connectivity index (χ2v) is 7.49. The monoisotopic (exact) mass is 440 g/mol. The van der Waals surface area contributed by atoms with Crippen molar-refractivity contribution in [2.24, 2.45) is 14.1 Å². The molecule has 0 aliphatic carbocycles. The number of halogens is 2. The van der Waals surface area contributed by atoms with Gasteiger partial charge in [0.25, 0.3) is 5.91 Å². The van der Waals surface area contributed by atoms with Crippen LogP contribution in [0.3, 0.4) is 0 Å². The van der Waals surface area contributed by atoms with E-state index >= 15 is 0 Å². The zero-order chi connectivity index (χ0) is 23.2. The molecule has 3 aromatic heterocycles. The van der Waals surface area contributed by atoms with Gasteiger partial charge in [-0.1, -0.05) is 0 Å². The number of alkyl halides is 2. The molecule has 32 heavy (non-hydrogen) atoms. The minimum Gasteiger partial charge on any atom is -0.435 e. The van der Waals surface area contributed by atoms with Crippen LogP contribution in [-0.4, -0.2) is 37.1 Å². The van der Waals surface area contributed by atoms with Crippen LogP contribution in [0.15, 0.2) is 30.3 Å². The average molecular weight is 440 g/mol. The molecule has 0 saturated carbocycles.